The highest BCUT2D eigenvalue weighted by molar-refractivity contribution is 6.03. The number of carbonyl (C=O) groups excluding carboxylic acids is 1. The third-order valence-corrected chi connectivity index (χ3v) is 3.91. The molecular formula is C18H16N4O3. The number of para-hydroxylation sites is 1. The lowest BCUT2D eigenvalue weighted by Gasteiger charge is -2.18. The molecule has 3 aromatic rings. The SMILES string of the molecule is Cc1c(C(=O)Nc2ccc3c(c2)OCCO3)nnn1-c1ccccc1. The minimum absolute atomic E-state index is 0.277. The quantitative estimate of drug-likeness (QED) is 0.795. The molecule has 4 rings (SSSR count). The van der Waals surface area contributed by atoms with Crippen LogP contribution in [-0.4, -0.2) is 34.1 Å². The number of nitrogens with one attached hydrogen (secondary N) is 1. The molecule has 0 fully saturated rings. The first kappa shape index (κ1) is 15.2. The number of amides is 1. The van der Waals surface area contributed by atoms with E-state index in [1.54, 1.807) is 22.9 Å². The van der Waals surface area contributed by atoms with Gasteiger partial charge in [0.2, 0.25) is 0 Å². The average molecular weight is 336 g/mol. The number of hydrogen-bond donors (Lipinski definition) is 1. The van der Waals surface area contributed by atoms with Crippen molar-refractivity contribution in [3.8, 4) is 17.2 Å². The number of nitrogens with zero attached hydrogens (tertiary/aromatic N) is 3. The molecule has 0 bridgehead atoms. The zero-order chi connectivity index (χ0) is 17.2. The van der Waals surface area contributed by atoms with Gasteiger partial charge in [0.25, 0.3) is 5.91 Å². The molecule has 0 saturated heterocycles. The van der Waals surface area contributed by atoms with E-state index in [0.29, 0.717) is 36.1 Å². The molecule has 0 spiro atoms. The Kier molecular flexibility index (Phi) is 3.81. The van der Waals surface area contributed by atoms with Gasteiger partial charge in [-0.2, -0.15) is 0 Å². The summed E-state index contributed by atoms with van der Waals surface area (Å²) in [4.78, 5) is 12.5. The summed E-state index contributed by atoms with van der Waals surface area (Å²) in [5.74, 6) is 0.973. The van der Waals surface area contributed by atoms with E-state index in [0.717, 1.165) is 5.69 Å². The first-order valence-corrected chi connectivity index (χ1v) is 7.91. The number of rotatable bonds is 3. The van der Waals surface area contributed by atoms with Gasteiger partial charge in [0.1, 0.15) is 13.2 Å². The maximum Gasteiger partial charge on any atom is 0.278 e. The summed E-state index contributed by atoms with van der Waals surface area (Å²) in [6.45, 7) is 2.83. The Hall–Kier alpha value is -3.35. The van der Waals surface area contributed by atoms with Crippen molar-refractivity contribution in [2.45, 2.75) is 6.92 Å². The molecule has 1 aliphatic heterocycles. The summed E-state index contributed by atoms with van der Waals surface area (Å²) < 4.78 is 12.6. The minimum atomic E-state index is -0.323. The van der Waals surface area contributed by atoms with Crippen LogP contribution in [0, 0.1) is 6.92 Å². The van der Waals surface area contributed by atoms with E-state index in [2.05, 4.69) is 15.6 Å². The zero-order valence-corrected chi connectivity index (χ0v) is 13.6. The lowest BCUT2D eigenvalue weighted by Crippen LogP contribution is -2.17. The Morgan fingerprint density at radius 2 is 1.84 bits per heavy atom. The van der Waals surface area contributed by atoms with Gasteiger partial charge >= 0.3 is 0 Å². The highest BCUT2D eigenvalue weighted by atomic mass is 16.6. The van der Waals surface area contributed by atoms with Crippen LogP contribution in [0.2, 0.25) is 0 Å². The third kappa shape index (κ3) is 2.91. The Balaban J connectivity index is 1.57. The Bertz CT molecular complexity index is 921. The molecule has 1 amide bonds. The van der Waals surface area contributed by atoms with E-state index >= 15 is 0 Å². The van der Waals surface area contributed by atoms with Crippen LogP contribution in [0.1, 0.15) is 16.2 Å². The summed E-state index contributed by atoms with van der Waals surface area (Å²) in [5, 5.41) is 10.9. The van der Waals surface area contributed by atoms with E-state index in [-0.39, 0.29) is 11.6 Å². The maximum atomic E-state index is 12.5. The van der Waals surface area contributed by atoms with Crippen molar-refractivity contribution < 1.29 is 14.3 Å². The largest absolute Gasteiger partial charge is 0.486 e. The van der Waals surface area contributed by atoms with Crippen LogP contribution in [0.25, 0.3) is 5.69 Å². The standard InChI is InChI=1S/C18H16N4O3/c1-12-17(20-21-22(12)14-5-3-2-4-6-14)18(23)19-13-7-8-15-16(11-13)25-10-9-24-15/h2-8,11H,9-10H2,1H3,(H,19,23). The second-order valence-electron chi connectivity index (χ2n) is 5.58. The predicted octanol–water partition coefficient (Wildman–Crippen LogP) is 2.60. The summed E-state index contributed by atoms with van der Waals surface area (Å²) >= 11 is 0. The van der Waals surface area contributed by atoms with Gasteiger partial charge in [-0.1, -0.05) is 23.4 Å². The molecule has 2 heterocycles. The van der Waals surface area contributed by atoms with Gasteiger partial charge in [-0.3, -0.25) is 4.79 Å². The van der Waals surface area contributed by atoms with Gasteiger partial charge in [0.05, 0.1) is 11.4 Å². The van der Waals surface area contributed by atoms with Crippen LogP contribution < -0.4 is 14.8 Å². The number of fused-ring (bicyclic) bond motifs is 1. The lowest BCUT2D eigenvalue weighted by atomic mass is 10.2. The molecule has 0 atom stereocenters. The topological polar surface area (TPSA) is 78.3 Å². The fraction of sp³-hybridized carbons (Fsp3) is 0.167. The third-order valence-electron chi connectivity index (χ3n) is 3.91. The van der Waals surface area contributed by atoms with E-state index in [1.165, 1.54) is 0 Å². The number of anilines is 1. The molecule has 1 aliphatic rings. The van der Waals surface area contributed by atoms with Crippen molar-refractivity contribution in [1.29, 1.82) is 0 Å². The van der Waals surface area contributed by atoms with Gasteiger partial charge in [-0.05, 0) is 31.2 Å². The van der Waals surface area contributed by atoms with Crippen LogP contribution in [0.4, 0.5) is 5.69 Å². The number of benzene rings is 2. The highest BCUT2D eigenvalue weighted by Crippen LogP contribution is 2.32. The smallest absolute Gasteiger partial charge is 0.278 e. The highest BCUT2D eigenvalue weighted by Gasteiger charge is 2.19. The molecule has 0 saturated carbocycles. The first-order chi connectivity index (χ1) is 12.2. The first-order valence-electron chi connectivity index (χ1n) is 7.91. The van der Waals surface area contributed by atoms with E-state index in [1.807, 2.05) is 37.3 Å². The van der Waals surface area contributed by atoms with Gasteiger partial charge in [0.15, 0.2) is 17.2 Å². The molecule has 1 aromatic heterocycles. The number of carbonyl (C=O) groups is 1. The van der Waals surface area contributed by atoms with Crippen molar-refractivity contribution >= 4 is 11.6 Å². The molecule has 126 valence electrons. The van der Waals surface area contributed by atoms with Crippen molar-refractivity contribution in [2.24, 2.45) is 0 Å². The normalized spacial score (nSPS) is 12.7. The summed E-state index contributed by atoms with van der Waals surface area (Å²) in [5.41, 5.74) is 2.41. The second-order valence-corrected chi connectivity index (χ2v) is 5.58. The Morgan fingerprint density at radius 1 is 1.08 bits per heavy atom. The van der Waals surface area contributed by atoms with Gasteiger partial charge < -0.3 is 14.8 Å². The van der Waals surface area contributed by atoms with Gasteiger partial charge in [0, 0.05) is 11.8 Å². The van der Waals surface area contributed by atoms with E-state index < -0.39 is 0 Å². The molecule has 2 aromatic carbocycles. The molecule has 25 heavy (non-hydrogen) atoms. The predicted molar refractivity (Wildman–Crippen MR) is 91.5 cm³/mol. The molecule has 1 N–H and O–H groups in total. The molecule has 7 nitrogen and oxygen atoms in total. The van der Waals surface area contributed by atoms with Crippen LogP contribution in [0.5, 0.6) is 11.5 Å². The number of ether oxygens (including phenoxy) is 2. The molecule has 0 unspecified atom stereocenters. The lowest BCUT2D eigenvalue weighted by molar-refractivity contribution is 0.102. The fourth-order valence-corrected chi connectivity index (χ4v) is 2.66. The molecular weight excluding hydrogens is 320 g/mol. The van der Waals surface area contributed by atoms with Crippen LogP contribution in [-0.2, 0) is 0 Å². The van der Waals surface area contributed by atoms with Gasteiger partial charge in [-0.15, -0.1) is 5.10 Å². The number of hydrogen-bond acceptors (Lipinski definition) is 5. The summed E-state index contributed by atoms with van der Waals surface area (Å²) in [7, 11) is 0. The van der Waals surface area contributed by atoms with Crippen molar-refractivity contribution in [3.05, 3.63) is 59.9 Å². The Morgan fingerprint density at radius 3 is 2.64 bits per heavy atom. The number of aromatic nitrogens is 3. The van der Waals surface area contributed by atoms with Crippen LogP contribution in [0.3, 0.4) is 0 Å². The van der Waals surface area contributed by atoms with Crippen molar-refractivity contribution in [1.82, 2.24) is 15.0 Å². The van der Waals surface area contributed by atoms with Crippen LogP contribution in [0.15, 0.2) is 48.5 Å². The van der Waals surface area contributed by atoms with Gasteiger partial charge in [-0.25, -0.2) is 4.68 Å². The van der Waals surface area contributed by atoms with E-state index in [9.17, 15) is 4.79 Å². The van der Waals surface area contributed by atoms with Crippen molar-refractivity contribution in [3.63, 3.8) is 0 Å². The maximum absolute atomic E-state index is 12.5. The van der Waals surface area contributed by atoms with E-state index in [4.69, 9.17) is 9.47 Å². The average Bonchev–Trinajstić information content (AvgIpc) is 3.04. The molecule has 0 radical (unpaired) electrons. The molecule has 0 aliphatic carbocycles. The Labute approximate surface area is 144 Å². The van der Waals surface area contributed by atoms with Crippen molar-refractivity contribution in [2.75, 3.05) is 18.5 Å². The zero-order valence-electron chi connectivity index (χ0n) is 13.6. The second kappa shape index (κ2) is 6.27. The summed E-state index contributed by atoms with van der Waals surface area (Å²) in [6, 6.07) is 14.8. The van der Waals surface area contributed by atoms with Crippen LogP contribution >= 0.6 is 0 Å². The summed E-state index contributed by atoms with van der Waals surface area (Å²) in [6.07, 6.45) is 0. The fourth-order valence-electron chi connectivity index (χ4n) is 2.66. The minimum Gasteiger partial charge on any atom is -0.486 e. The monoisotopic (exact) mass is 336 g/mol. The molecule has 7 heteroatoms.